The van der Waals surface area contributed by atoms with Gasteiger partial charge >= 0.3 is 0 Å². The molecular weight excluding hydrogens is 388 g/mol. The topological polar surface area (TPSA) is 47.7 Å². The number of likely N-dealkylation sites (tertiary alicyclic amines) is 1. The zero-order valence-electron chi connectivity index (χ0n) is 19.3. The van der Waals surface area contributed by atoms with Gasteiger partial charge in [0.15, 0.2) is 0 Å². The van der Waals surface area contributed by atoms with Crippen LogP contribution in [0, 0.1) is 5.92 Å². The number of ether oxygens (including phenoxy) is 1. The minimum atomic E-state index is -1.91. The molecule has 164 valence electrons. The molecule has 1 fully saturated rings. The van der Waals surface area contributed by atoms with E-state index in [2.05, 4.69) is 63.0 Å². The maximum Gasteiger partial charge on any atom is 0.250 e. The van der Waals surface area contributed by atoms with Gasteiger partial charge in [-0.05, 0) is 69.2 Å². The molecule has 4 nitrogen and oxygen atoms in total. The zero-order chi connectivity index (χ0) is 21.3. The standard InChI is InChI=1S/C25H38N2O2Si/c1-24(2,3)30(4,5)29-20-10-11-21-23-17(20)16-19-18-8-6-9-22(28-21)25(18,23)12-15-27(19)14-7-13-26/h6,8,10-11,18-19,22H,7,9,12-16,26H2,1-5H3/t18-,19+,22?,25+/m0/s1. The van der Waals surface area contributed by atoms with Gasteiger partial charge < -0.3 is 14.9 Å². The minimum absolute atomic E-state index is 0.133. The first-order valence-electron chi connectivity index (χ1n) is 11.8. The number of nitrogens with zero attached hydrogens (tertiary/aromatic N) is 1. The molecule has 0 radical (unpaired) electrons. The van der Waals surface area contributed by atoms with E-state index in [0.717, 1.165) is 50.4 Å². The van der Waals surface area contributed by atoms with Crippen LogP contribution in [0.2, 0.25) is 18.1 Å². The maximum atomic E-state index is 6.92. The minimum Gasteiger partial charge on any atom is -0.543 e. The molecule has 4 atom stereocenters. The van der Waals surface area contributed by atoms with Gasteiger partial charge in [-0.25, -0.2) is 0 Å². The largest absolute Gasteiger partial charge is 0.543 e. The molecule has 0 saturated carbocycles. The van der Waals surface area contributed by atoms with Gasteiger partial charge in [0.25, 0.3) is 0 Å². The lowest BCUT2D eigenvalue weighted by molar-refractivity contribution is -0.00975. The normalized spacial score (nSPS) is 32.0. The molecule has 1 unspecified atom stereocenters. The predicted molar refractivity (Wildman–Crippen MR) is 125 cm³/mol. The van der Waals surface area contributed by atoms with Crippen LogP contribution >= 0.6 is 0 Å². The monoisotopic (exact) mass is 426 g/mol. The molecule has 2 aliphatic carbocycles. The van der Waals surface area contributed by atoms with E-state index in [4.69, 9.17) is 14.9 Å². The molecule has 2 bridgehead atoms. The first-order chi connectivity index (χ1) is 14.2. The number of piperidine rings is 1. The SMILES string of the molecule is CC(C)(C)[Si](C)(C)Oc1ccc2c3c1C[C@@H]1[C@@H]4C=CCC(O2)[C@]34CCN1CCCN. The molecule has 1 aromatic rings. The van der Waals surface area contributed by atoms with E-state index in [1.54, 1.807) is 0 Å². The summed E-state index contributed by atoms with van der Waals surface area (Å²) in [6.07, 6.45) is 9.50. The highest BCUT2D eigenvalue weighted by Crippen LogP contribution is 2.62. The molecule has 30 heavy (non-hydrogen) atoms. The number of benzene rings is 1. The summed E-state index contributed by atoms with van der Waals surface area (Å²) >= 11 is 0. The fourth-order valence-corrected chi connectivity index (χ4v) is 7.25. The molecule has 0 aromatic heterocycles. The Bertz CT molecular complexity index is 875. The van der Waals surface area contributed by atoms with E-state index in [1.807, 2.05) is 0 Å². The number of nitrogens with two attached hydrogens (primary N) is 1. The van der Waals surface area contributed by atoms with Gasteiger partial charge in [0.05, 0.1) is 0 Å². The quantitative estimate of drug-likeness (QED) is 0.551. The lowest BCUT2D eigenvalue weighted by Crippen LogP contribution is -2.63. The summed E-state index contributed by atoms with van der Waals surface area (Å²) < 4.78 is 13.5. The summed E-state index contributed by atoms with van der Waals surface area (Å²) in [4.78, 5) is 2.71. The van der Waals surface area contributed by atoms with Crippen molar-refractivity contribution in [1.82, 2.24) is 4.90 Å². The third-order valence-corrected chi connectivity index (χ3v) is 13.1. The van der Waals surface area contributed by atoms with Crippen molar-refractivity contribution in [1.29, 1.82) is 0 Å². The summed E-state index contributed by atoms with van der Waals surface area (Å²) in [7, 11) is -1.91. The summed E-state index contributed by atoms with van der Waals surface area (Å²) in [5, 5.41) is 0.184. The van der Waals surface area contributed by atoms with Crippen molar-refractivity contribution < 1.29 is 9.16 Å². The molecule has 2 N–H and O–H groups in total. The van der Waals surface area contributed by atoms with Gasteiger partial charge in [0, 0.05) is 34.9 Å². The predicted octanol–water partition coefficient (Wildman–Crippen LogP) is 4.62. The van der Waals surface area contributed by atoms with Gasteiger partial charge in [-0.3, -0.25) is 4.90 Å². The van der Waals surface area contributed by atoms with Gasteiger partial charge in [-0.1, -0.05) is 32.9 Å². The molecule has 0 amide bonds. The van der Waals surface area contributed by atoms with E-state index in [1.165, 1.54) is 17.5 Å². The highest BCUT2D eigenvalue weighted by molar-refractivity contribution is 6.74. The Morgan fingerprint density at radius 1 is 1.30 bits per heavy atom. The second kappa shape index (κ2) is 6.85. The first-order valence-corrected chi connectivity index (χ1v) is 14.7. The Labute approximate surface area is 182 Å². The Hall–Kier alpha value is -1.30. The number of rotatable bonds is 5. The molecule has 1 aromatic carbocycles. The fraction of sp³-hybridized carbons (Fsp3) is 0.680. The number of hydrogen-bond acceptors (Lipinski definition) is 4. The second-order valence-electron chi connectivity index (χ2n) is 11.3. The third kappa shape index (κ3) is 2.78. The van der Waals surface area contributed by atoms with Crippen molar-refractivity contribution in [3.8, 4) is 11.5 Å². The van der Waals surface area contributed by atoms with Gasteiger partial charge in [-0.2, -0.15) is 0 Å². The lowest BCUT2D eigenvalue weighted by atomic mass is 9.53. The van der Waals surface area contributed by atoms with Crippen LogP contribution in [0.4, 0.5) is 0 Å². The smallest absolute Gasteiger partial charge is 0.250 e. The fourth-order valence-electron chi connectivity index (χ4n) is 6.20. The van der Waals surface area contributed by atoms with E-state index in [9.17, 15) is 0 Å². The van der Waals surface area contributed by atoms with Crippen molar-refractivity contribution in [2.45, 2.75) is 82.1 Å². The van der Waals surface area contributed by atoms with Crippen LogP contribution in [0.15, 0.2) is 24.3 Å². The summed E-state index contributed by atoms with van der Waals surface area (Å²) in [6.45, 7) is 14.7. The van der Waals surface area contributed by atoms with Crippen molar-refractivity contribution in [3.63, 3.8) is 0 Å². The number of hydrogen-bond donors (Lipinski definition) is 1. The van der Waals surface area contributed by atoms with Gasteiger partial charge in [-0.15, -0.1) is 0 Å². The Morgan fingerprint density at radius 3 is 2.83 bits per heavy atom. The van der Waals surface area contributed by atoms with Crippen LogP contribution in [-0.2, 0) is 11.8 Å². The third-order valence-electron chi connectivity index (χ3n) is 8.76. The van der Waals surface area contributed by atoms with Crippen LogP contribution in [0.5, 0.6) is 11.5 Å². The van der Waals surface area contributed by atoms with Crippen LogP contribution in [0.25, 0.3) is 0 Å². The van der Waals surface area contributed by atoms with Gasteiger partial charge in [0.2, 0.25) is 8.32 Å². The molecule has 1 spiro atoms. The highest BCUT2D eigenvalue weighted by Gasteiger charge is 2.62. The average molecular weight is 427 g/mol. The van der Waals surface area contributed by atoms with E-state index in [-0.39, 0.29) is 16.6 Å². The van der Waals surface area contributed by atoms with Gasteiger partial charge in [0.1, 0.15) is 17.6 Å². The van der Waals surface area contributed by atoms with E-state index >= 15 is 0 Å². The van der Waals surface area contributed by atoms with Crippen molar-refractivity contribution in [2.75, 3.05) is 19.6 Å². The summed E-state index contributed by atoms with van der Waals surface area (Å²) in [5.41, 5.74) is 8.93. The zero-order valence-corrected chi connectivity index (χ0v) is 20.3. The molecule has 2 heterocycles. The lowest BCUT2D eigenvalue weighted by Gasteiger charge is -2.57. The Kier molecular flexibility index (Phi) is 4.70. The molecule has 1 saturated heterocycles. The van der Waals surface area contributed by atoms with Crippen molar-refractivity contribution in [2.24, 2.45) is 11.7 Å². The first kappa shape index (κ1) is 20.6. The highest BCUT2D eigenvalue weighted by atomic mass is 28.4. The maximum absolute atomic E-state index is 6.92. The molecule has 4 aliphatic rings. The molecule has 5 heteroatoms. The Balaban J connectivity index is 1.61. The molecular formula is C25H38N2O2Si. The van der Waals surface area contributed by atoms with E-state index in [0.29, 0.717) is 12.0 Å². The second-order valence-corrected chi connectivity index (χ2v) is 16.0. The van der Waals surface area contributed by atoms with Crippen LogP contribution in [-0.4, -0.2) is 45.0 Å². The molecule has 2 aliphatic heterocycles. The summed E-state index contributed by atoms with van der Waals surface area (Å²) in [5.74, 6) is 2.79. The molecule has 5 rings (SSSR count). The van der Waals surface area contributed by atoms with Crippen LogP contribution in [0.1, 0.15) is 51.2 Å². The van der Waals surface area contributed by atoms with Crippen LogP contribution < -0.4 is 14.9 Å². The Morgan fingerprint density at radius 2 is 2.10 bits per heavy atom. The van der Waals surface area contributed by atoms with Crippen molar-refractivity contribution in [3.05, 3.63) is 35.4 Å². The van der Waals surface area contributed by atoms with Crippen molar-refractivity contribution >= 4 is 8.32 Å². The van der Waals surface area contributed by atoms with E-state index < -0.39 is 8.32 Å². The summed E-state index contributed by atoms with van der Waals surface area (Å²) in [6, 6.07) is 4.93. The average Bonchev–Trinajstić information content (AvgIpc) is 3.00. The van der Waals surface area contributed by atoms with Crippen LogP contribution in [0.3, 0.4) is 0 Å².